The highest BCUT2D eigenvalue weighted by molar-refractivity contribution is 5.91. The minimum absolute atomic E-state index is 0.0928. The number of halogens is 1. The number of methoxy groups -OCH3 is 1. The van der Waals surface area contributed by atoms with E-state index in [1.54, 1.807) is 31.4 Å². The summed E-state index contributed by atoms with van der Waals surface area (Å²) in [7, 11) is 1.65. The largest absolute Gasteiger partial charge is 0.497 e. The van der Waals surface area contributed by atoms with Gasteiger partial charge in [-0.3, -0.25) is 4.79 Å². The third kappa shape index (κ3) is 3.54. The molecule has 2 heterocycles. The second-order valence-electron chi connectivity index (χ2n) is 8.12. The molecule has 0 unspecified atom stereocenters. The second kappa shape index (κ2) is 7.72. The summed E-state index contributed by atoms with van der Waals surface area (Å²) in [6, 6.07) is 16.1. The van der Waals surface area contributed by atoms with Gasteiger partial charge in [0.2, 0.25) is 5.91 Å². The van der Waals surface area contributed by atoms with Crippen molar-refractivity contribution in [2.24, 2.45) is 0 Å². The van der Waals surface area contributed by atoms with Crippen molar-refractivity contribution in [2.45, 2.75) is 18.3 Å². The van der Waals surface area contributed by atoms with Gasteiger partial charge in [0, 0.05) is 37.9 Å². The molecule has 3 aromatic rings. The molecule has 0 radical (unpaired) electrons. The number of nitrogens with zero attached hydrogens (tertiary/aromatic N) is 3. The molecule has 2 aliphatic rings. The van der Waals surface area contributed by atoms with E-state index in [9.17, 15) is 9.18 Å². The first-order chi connectivity index (χ1) is 15.1. The van der Waals surface area contributed by atoms with Crippen LogP contribution in [-0.4, -0.2) is 49.3 Å². The Bertz CT molecular complexity index is 1080. The summed E-state index contributed by atoms with van der Waals surface area (Å²) in [4.78, 5) is 17.6. The molecule has 160 valence electrons. The number of piperazine rings is 1. The summed E-state index contributed by atoms with van der Waals surface area (Å²) in [6.45, 7) is 2.86. The fraction of sp³-hybridized carbons (Fsp3) is 0.333. The number of carbonyl (C=O) groups excluding carboxylic acids is 1. The Kier molecular flexibility index (Phi) is 4.88. The van der Waals surface area contributed by atoms with Crippen LogP contribution in [0.2, 0.25) is 0 Å². The highest BCUT2D eigenvalue weighted by atomic mass is 19.1. The SMILES string of the molecule is COc1ccc(N2CCN(C(=O)C3(c4cc(-c5ccccc5F)on4)CC3)CC2)cc1. The maximum atomic E-state index is 14.1. The standard InChI is InChI=1S/C24H24FN3O3/c1-30-18-8-6-17(7-9-18)27-12-14-28(15-13-27)23(29)24(10-11-24)22-16-21(31-26-22)19-4-2-3-5-20(19)25/h2-9,16H,10-15H2,1H3. The lowest BCUT2D eigenvalue weighted by molar-refractivity contribution is -0.134. The van der Waals surface area contributed by atoms with Crippen LogP contribution in [-0.2, 0) is 10.2 Å². The minimum Gasteiger partial charge on any atom is -0.497 e. The van der Waals surface area contributed by atoms with Gasteiger partial charge in [0.25, 0.3) is 0 Å². The molecule has 2 aromatic carbocycles. The van der Waals surface area contributed by atoms with Gasteiger partial charge in [-0.1, -0.05) is 17.3 Å². The smallest absolute Gasteiger partial charge is 0.235 e. The van der Waals surface area contributed by atoms with E-state index in [1.165, 1.54) is 6.07 Å². The van der Waals surface area contributed by atoms with Crippen LogP contribution in [0.1, 0.15) is 18.5 Å². The molecule has 5 rings (SSSR count). The van der Waals surface area contributed by atoms with Crippen molar-refractivity contribution >= 4 is 11.6 Å². The van der Waals surface area contributed by atoms with Crippen LogP contribution in [0.5, 0.6) is 5.75 Å². The number of carbonyl (C=O) groups is 1. The first kappa shape index (κ1) is 19.6. The molecule has 1 amide bonds. The Hall–Kier alpha value is -3.35. The van der Waals surface area contributed by atoms with E-state index in [0.717, 1.165) is 37.4 Å². The fourth-order valence-corrected chi connectivity index (χ4v) is 4.26. The van der Waals surface area contributed by atoms with Crippen LogP contribution >= 0.6 is 0 Å². The number of ether oxygens (including phenoxy) is 1. The van der Waals surface area contributed by atoms with Crippen molar-refractivity contribution in [1.82, 2.24) is 10.1 Å². The Labute approximate surface area is 180 Å². The Morgan fingerprint density at radius 3 is 2.42 bits per heavy atom. The van der Waals surface area contributed by atoms with Crippen LogP contribution in [0.25, 0.3) is 11.3 Å². The average molecular weight is 421 g/mol. The Morgan fingerprint density at radius 1 is 1.06 bits per heavy atom. The van der Waals surface area contributed by atoms with Gasteiger partial charge < -0.3 is 19.1 Å². The number of rotatable bonds is 5. The van der Waals surface area contributed by atoms with Crippen molar-refractivity contribution in [1.29, 1.82) is 0 Å². The molecule has 7 heteroatoms. The molecular formula is C24H24FN3O3. The molecule has 0 N–H and O–H groups in total. The van der Waals surface area contributed by atoms with E-state index in [4.69, 9.17) is 9.26 Å². The lowest BCUT2D eigenvalue weighted by Crippen LogP contribution is -2.51. The fourth-order valence-electron chi connectivity index (χ4n) is 4.26. The molecule has 1 aliphatic heterocycles. The van der Waals surface area contributed by atoms with Crippen molar-refractivity contribution in [3.05, 3.63) is 66.1 Å². The third-order valence-corrected chi connectivity index (χ3v) is 6.30. The zero-order valence-electron chi connectivity index (χ0n) is 17.4. The summed E-state index contributed by atoms with van der Waals surface area (Å²) in [5.74, 6) is 0.915. The second-order valence-corrected chi connectivity index (χ2v) is 8.12. The van der Waals surface area contributed by atoms with E-state index in [-0.39, 0.29) is 11.7 Å². The number of aromatic nitrogens is 1. The van der Waals surface area contributed by atoms with Gasteiger partial charge in [0.1, 0.15) is 11.6 Å². The van der Waals surface area contributed by atoms with E-state index in [2.05, 4.69) is 10.1 Å². The molecule has 0 spiro atoms. The Morgan fingerprint density at radius 2 is 1.77 bits per heavy atom. The van der Waals surface area contributed by atoms with Gasteiger partial charge in [-0.25, -0.2) is 4.39 Å². The molecule has 1 saturated heterocycles. The molecule has 0 bridgehead atoms. The van der Waals surface area contributed by atoms with Crippen molar-refractivity contribution in [3.63, 3.8) is 0 Å². The first-order valence-electron chi connectivity index (χ1n) is 10.5. The van der Waals surface area contributed by atoms with Gasteiger partial charge in [0.05, 0.1) is 23.8 Å². The van der Waals surface area contributed by atoms with Gasteiger partial charge >= 0.3 is 0 Å². The minimum atomic E-state index is -0.630. The maximum absolute atomic E-state index is 14.1. The van der Waals surface area contributed by atoms with Crippen molar-refractivity contribution in [3.8, 4) is 17.1 Å². The van der Waals surface area contributed by atoms with E-state index in [0.29, 0.717) is 30.1 Å². The van der Waals surface area contributed by atoms with Crippen molar-refractivity contribution in [2.75, 3.05) is 38.2 Å². The number of benzene rings is 2. The van der Waals surface area contributed by atoms with E-state index in [1.807, 2.05) is 29.2 Å². The summed E-state index contributed by atoms with van der Waals surface area (Å²) >= 11 is 0. The summed E-state index contributed by atoms with van der Waals surface area (Å²) < 4.78 is 24.7. The molecule has 6 nitrogen and oxygen atoms in total. The first-order valence-corrected chi connectivity index (χ1v) is 10.5. The predicted octanol–water partition coefficient (Wildman–Crippen LogP) is 3.87. The van der Waals surface area contributed by atoms with Crippen LogP contribution in [0.3, 0.4) is 0 Å². The monoisotopic (exact) mass is 421 g/mol. The molecule has 1 saturated carbocycles. The highest BCUT2D eigenvalue weighted by Gasteiger charge is 2.55. The van der Waals surface area contributed by atoms with Crippen molar-refractivity contribution < 1.29 is 18.4 Å². The normalized spacial score (nSPS) is 17.5. The van der Waals surface area contributed by atoms with E-state index < -0.39 is 5.41 Å². The third-order valence-electron chi connectivity index (χ3n) is 6.30. The van der Waals surface area contributed by atoms with Gasteiger partial charge in [0.15, 0.2) is 5.76 Å². The summed E-state index contributed by atoms with van der Waals surface area (Å²) in [5, 5.41) is 4.15. The molecule has 31 heavy (non-hydrogen) atoms. The zero-order valence-corrected chi connectivity index (χ0v) is 17.4. The number of hydrogen-bond donors (Lipinski definition) is 0. The van der Waals surface area contributed by atoms with Gasteiger partial charge in [-0.05, 0) is 49.2 Å². The lowest BCUT2D eigenvalue weighted by Gasteiger charge is -2.37. The molecule has 1 aromatic heterocycles. The van der Waals surface area contributed by atoms with Crippen LogP contribution < -0.4 is 9.64 Å². The molecule has 1 aliphatic carbocycles. The van der Waals surface area contributed by atoms with Crippen LogP contribution in [0, 0.1) is 5.82 Å². The van der Waals surface area contributed by atoms with Gasteiger partial charge in [-0.15, -0.1) is 0 Å². The Balaban J connectivity index is 1.27. The average Bonchev–Trinajstić information content (AvgIpc) is 3.48. The van der Waals surface area contributed by atoms with Crippen LogP contribution in [0.4, 0.5) is 10.1 Å². The molecular weight excluding hydrogens is 397 g/mol. The predicted molar refractivity (Wildman–Crippen MR) is 115 cm³/mol. The quantitative estimate of drug-likeness (QED) is 0.626. The lowest BCUT2D eigenvalue weighted by atomic mass is 9.99. The molecule has 2 fully saturated rings. The van der Waals surface area contributed by atoms with Gasteiger partial charge in [-0.2, -0.15) is 0 Å². The number of amides is 1. The highest BCUT2D eigenvalue weighted by Crippen LogP contribution is 2.50. The number of hydrogen-bond acceptors (Lipinski definition) is 5. The summed E-state index contributed by atoms with van der Waals surface area (Å²) in [5.41, 5.74) is 1.46. The topological polar surface area (TPSA) is 58.8 Å². The zero-order chi connectivity index (χ0) is 21.4. The number of anilines is 1. The van der Waals surface area contributed by atoms with E-state index >= 15 is 0 Å². The molecule has 0 atom stereocenters. The van der Waals surface area contributed by atoms with Crippen LogP contribution in [0.15, 0.2) is 59.1 Å². The maximum Gasteiger partial charge on any atom is 0.235 e. The summed E-state index contributed by atoms with van der Waals surface area (Å²) in [6.07, 6.45) is 1.49.